The summed E-state index contributed by atoms with van der Waals surface area (Å²) in [4.78, 5) is 24.3. The SMILES string of the molecule is CC1(C)CC(NC(=O)C(=O)Nc2ccc(Cl)c(C(F)(F)F)c2)CC(C)(C)N1. The summed E-state index contributed by atoms with van der Waals surface area (Å²) in [7, 11) is 0. The summed E-state index contributed by atoms with van der Waals surface area (Å²) in [6.07, 6.45) is -3.42. The lowest BCUT2D eigenvalue weighted by atomic mass is 9.79. The minimum atomic E-state index is -4.66. The Bertz CT molecular complexity index is 732. The Kier molecular flexibility index (Phi) is 5.82. The van der Waals surface area contributed by atoms with Crippen LogP contribution in [-0.2, 0) is 15.8 Å². The van der Waals surface area contributed by atoms with Crippen LogP contribution in [0.1, 0.15) is 46.1 Å². The van der Waals surface area contributed by atoms with Gasteiger partial charge in [-0.2, -0.15) is 13.2 Å². The fourth-order valence-electron chi connectivity index (χ4n) is 3.68. The van der Waals surface area contributed by atoms with Crippen molar-refractivity contribution >= 4 is 29.1 Å². The van der Waals surface area contributed by atoms with E-state index in [1.54, 1.807) is 0 Å². The number of nitrogens with one attached hydrogen (secondary N) is 3. The maximum Gasteiger partial charge on any atom is 0.417 e. The van der Waals surface area contributed by atoms with Crippen LogP contribution in [0, 0.1) is 0 Å². The minimum Gasteiger partial charge on any atom is -0.345 e. The number of carbonyl (C=O) groups excluding carboxylic acids is 2. The maximum atomic E-state index is 12.9. The van der Waals surface area contributed by atoms with E-state index in [2.05, 4.69) is 16.0 Å². The molecule has 9 heteroatoms. The van der Waals surface area contributed by atoms with E-state index in [1.807, 2.05) is 27.7 Å². The zero-order valence-electron chi connectivity index (χ0n) is 15.6. The van der Waals surface area contributed by atoms with Crippen molar-refractivity contribution in [1.82, 2.24) is 10.6 Å². The molecule has 0 aromatic heterocycles. The minimum absolute atomic E-state index is 0.155. The van der Waals surface area contributed by atoms with Gasteiger partial charge in [0.25, 0.3) is 0 Å². The van der Waals surface area contributed by atoms with Gasteiger partial charge in [0, 0.05) is 22.8 Å². The van der Waals surface area contributed by atoms with Crippen LogP contribution < -0.4 is 16.0 Å². The Labute approximate surface area is 161 Å². The van der Waals surface area contributed by atoms with E-state index in [9.17, 15) is 22.8 Å². The molecular formula is C18H23ClF3N3O2. The Morgan fingerprint density at radius 3 is 2.19 bits per heavy atom. The van der Waals surface area contributed by atoms with Crippen molar-refractivity contribution in [2.45, 2.75) is 63.8 Å². The van der Waals surface area contributed by atoms with Gasteiger partial charge in [0.1, 0.15) is 0 Å². The quantitative estimate of drug-likeness (QED) is 0.657. The van der Waals surface area contributed by atoms with Crippen molar-refractivity contribution in [2.24, 2.45) is 0 Å². The molecule has 0 atom stereocenters. The second-order valence-corrected chi connectivity index (χ2v) is 8.53. The van der Waals surface area contributed by atoms with Gasteiger partial charge in [-0.05, 0) is 58.7 Å². The number of benzene rings is 1. The average molecular weight is 406 g/mol. The molecule has 2 amide bonds. The van der Waals surface area contributed by atoms with Gasteiger partial charge in [-0.25, -0.2) is 0 Å². The molecule has 1 saturated heterocycles. The van der Waals surface area contributed by atoms with Crippen molar-refractivity contribution in [3.63, 3.8) is 0 Å². The lowest BCUT2D eigenvalue weighted by molar-refractivity contribution is -0.137. The van der Waals surface area contributed by atoms with Crippen LogP contribution in [0.5, 0.6) is 0 Å². The molecule has 0 aliphatic carbocycles. The highest BCUT2D eigenvalue weighted by Gasteiger charge is 2.39. The Hall–Kier alpha value is -1.80. The van der Waals surface area contributed by atoms with Crippen molar-refractivity contribution < 1.29 is 22.8 Å². The molecular weight excluding hydrogens is 383 g/mol. The van der Waals surface area contributed by atoms with E-state index >= 15 is 0 Å². The van der Waals surface area contributed by atoms with Crippen molar-refractivity contribution in [1.29, 1.82) is 0 Å². The molecule has 1 fully saturated rings. The topological polar surface area (TPSA) is 70.2 Å². The van der Waals surface area contributed by atoms with E-state index in [-0.39, 0.29) is 22.8 Å². The molecule has 0 saturated carbocycles. The largest absolute Gasteiger partial charge is 0.417 e. The third-order valence-electron chi connectivity index (χ3n) is 4.26. The van der Waals surface area contributed by atoms with Gasteiger partial charge >= 0.3 is 18.0 Å². The van der Waals surface area contributed by atoms with Gasteiger partial charge in [0.15, 0.2) is 0 Å². The fourth-order valence-corrected chi connectivity index (χ4v) is 3.91. The summed E-state index contributed by atoms with van der Waals surface area (Å²) in [6, 6.07) is 2.70. The monoisotopic (exact) mass is 405 g/mol. The molecule has 0 bridgehead atoms. The molecule has 0 radical (unpaired) electrons. The molecule has 0 unspecified atom stereocenters. The molecule has 150 valence electrons. The van der Waals surface area contributed by atoms with Gasteiger partial charge in [-0.3, -0.25) is 9.59 Å². The van der Waals surface area contributed by atoms with E-state index in [0.717, 1.165) is 6.07 Å². The van der Waals surface area contributed by atoms with Gasteiger partial charge in [0.2, 0.25) is 0 Å². The Morgan fingerprint density at radius 1 is 1.11 bits per heavy atom. The summed E-state index contributed by atoms with van der Waals surface area (Å²) in [6.45, 7) is 8.00. The van der Waals surface area contributed by atoms with Crippen LogP contribution in [0.2, 0.25) is 5.02 Å². The number of rotatable bonds is 2. The van der Waals surface area contributed by atoms with Gasteiger partial charge < -0.3 is 16.0 Å². The third-order valence-corrected chi connectivity index (χ3v) is 4.59. The third kappa shape index (κ3) is 5.84. The second kappa shape index (κ2) is 7.31. The van der Waals surface area contributed by atoms with E-state index in [1.165, 1.54) is 6.07 Å². The Morgan fingerprint density at radius 2 is 1.67 bits per heavy atom. The summed E-state index contributed by atoms with van der Waals surface area (Å²) >= 11 is 5.54. The highest BCUT2D eigenvalue weighted by atomic mass is 35.5. The first-order valence-electron chi connectivity index (χ1n) is 8.46. The average Bonchev–Trinajstić information content (AvgIpc) is 2.44. The summed E-state index contributed by atoms with van der Waals surface area (Å²) in [5, 5.41) is 7.83. The van der Waals surface area contributed by atoms with Gasteiger partial charge in [-0.1, -0.05) is 11.6 Å². The van der Waals surface area contributed by atoms with Gasteiger partial charge in [0.05, 0.1) is 10.6 Å². The number of carbonyl (C=O) groups is 2. The zero-order valence-corrected chi connectivity index (χ0v) is 16.3. The van der Waals surface area contributed by atoms with Crippen LogP contribution in [0.4, 0.5) is 18.9 Å². The number of alkyl halides is 3. The van der Waals surface area contributed by atoms with Crippen LogP contribution in [0.25, 0.3) is 0 Å². The second-order valence-electron chi connectivity index (χ2n) is 8.12. The molecule has 1 aliphatic heterocycles. The van der Waals surface area contributed by atoms with Crippen molar-refractivity contribution in [2.75, 3.05) is 5.32 Å². The molecule has 0 spiro atoms. The normalized spacial score (nSPS) is 19.4. The molecule has 5 nitrogen and oxygen atoms in total. The molecule has 1 aliphatic rings. The number of hydrogen-bond acceptors (Lipinski definition) is 3. The first kappa shape index (κ1) is 21.5. The first-order chi connectivity index (χ1) is 12.2. The molecule has 1 aromatic carbocycles. The predicted octanol–water partition coefficient (Wildman–Crippen LogP) is 3.72. The van der Waals surface area contributed by atoms with E-state index in [4.69, 9.17) is 11.6 Å². The summed E-state index contributed by atoms with van der Waals surface area (Å²) in [5.41, 5.74) is -1.69. The lowest BCUT2D eigenvalue weighted by Gasteiger charge is -2.46. The molecule has 1 aromatic rings. The standard InChI is InChI=1S/C18H23ClF3N3O2/c1-16(2)8-11(9-17(3,4)25-16)24-15(27)14(26)23-10-5-6-13(19)12(7-10)18(20,21)22/h5-7,11,25H,8-9H2,1-4H3,(H,23,26)(H,24,27). The van der Waals surface area contributed by atoms with Crippen molar-refractivity contribution in [3.8, 4) is 0 Å². The molecule has 3 N–H and O–H groups in total. The molecule has 1 heterocycles. The first-order valence-corrected chi connectivity index (χ1v) is 8.84. The summed E-state index contributed by atoms with van der Waals surface area (Å²) < 4.78 is 38.7. The van der Waals surface area contributed by atoms with Crippen LogP contribution >= 0.6 is 11.6 Å². The lowest BCUT2D eigenvalue weighted by Crippen LogP contribution is -2.62. The molecule has 2 rings (SSSR count). The molecule has 27 heavy (non-hydrogen) atoms. The highest BCUT2D eigenvalue weighted by Crippen LogP contribution is 2.36. The smallest absolute Gasteiger partial charge is 0.345 e. The number of anilines is 1. The fraction of sp³-hybridized carbons (Fsp3) is 0.556. The number of piperidine rings is 1. The van der Waals surface area contributed by atoms with Crippen LogP contribution in [0.3, 0.4) is 0 Å². The predicted molar refractivity (Wildman–Crippen MR) is 97.5 cm³/mol. The Balaban J connectivity index is 2.05. The summed E-state index contributed by atoms with van der Waals surface area (Å²) in [5.74, 6) is -1.92. The number of amides is 2. The number of halogens is 4. The van der Waals surface area contributed by atoms with Crippen LogP contribution in [-0.4, -0.2) is 28.9 Å². The highest BCUT2D eigenvalue weighted by molar-refractivity contribution is 6.39. The van der Waals surface area contributed by atoms with Gasteiger partial charge in [-0.15, -0.1) is 0 Å². The number of hydrogen-bond donors (Lipinski definition) is 3. The van der Waals surface area contributed by atoms with E-state index in [0.29, 0.717) is 18.9 Å². The van der Waals surface area contributed by atoms with E-state index < -0.39 is 28.6 Å². The zero-order chi connectivity index (χ0) is 20.6. The van der Waals surface area contributed by atoms with Crippen LogP contribution in [0.15, 0.2) is 18.2 Å². The maximum absolute atomic E-state index is 12.9. The van der Waals surface area contributed by atoms with Crippen molar-refractivity contribution in [3.05, 3.63) is 28.8 Å².